The predicted octanol–water partition coefficient (Wildman–Crippen LogP) is 3.15. The summed E-state index contributed by atoms with van der Waals surface area (Å²) in [7, 11) is 0. The summed E-state index contributed by atoms with van der Waals surface area (Å²) in [4.78, 5) is 16.0. The monoisotopic (exact) mass is 344 g/mol. The molecule has 0 aliphatic heterocycles. The van der Waals surface area contributed by atoms with Crippen LogP contribution in [0.1, 0.15) is 22.4 Å². The number of aliphatic hydroxyl groups is 1. The van der Waals surface area contributed by atoms with E-state index in [0.29, 0.717) is 15.6 Å². The average Bonchev–Trinajstić information content (AvgIpc) is 2.81. The van der Waals surface area contributed by atoms with Crippen molar-refractivity contribution in [3.8, 4) is 0 Å². The first-order chi connectivity index (χ1) is 9.97. The van der Waals surface area contributed by atoms with Crippen molar-refractivity contribution in [2.24, 2.45) is 0 Å². The summed E-state index contributed by atoms with van der Waals surface area (Å²) in [5.74, 6) is -0.206. The van der Waals surface area contributed by atoms with Crippen LogP contribution < -0.4 is 5.32 Å². The van der Waals surface area contributed by atoms with E-state index in [2.05, 4.69) is 10.3 Å². The quantitative estimate of drug-likeness (QED) is 0.875. The van der Waals surface area contributed by atoms with Crippen molar-refractivity contribution in [1.82, 2.24) is 10.3 Å². The molecule has 0 radical (unpaired) electrons. The molecule has 1 aromatic heterocycles. The number of nitrogens with one attached hydrogen (secondary N) is 1. The number of nitrogens with zero attached hydrogens (tertiary/aromatic N) is 1. The van der Waals surface area contributed by atoms with E-state index in [1.165, 1.54) is 11.3 Å². The second-order valence-electron chi connectivity index (χ2n) is 4.49. The summed E-state index contributed by atoms with van der Waals surface area (Å²) in [6.45, 7) is 1.93. The Labute approximate surface area is 136 Å². The smallest absolute Gasteiger partial charge is 0.226 e. The van der Waals surface area contributed by atoms with Crippen molar-refractivity contribution in [2.45, 2.75) is 19.4 Å². The average molecular weight is 345 g/mol. The highest BCUT2D eigenvalue weighted by atomic mass is 35.5. The molecule has 1 aromatic carbocycles. The lowest BCUT2D eigenvalue weighted by molar-refractivity contribution is -0.120. The minimum atomic E-state index is -0.952. The van der Waals surface area contributed by atoms with Crippen LogP contribution in [-0.2, 0) is 11.2 Å². The van der Waals surface area contributed by atoms with E-state index >= 15 is 0 Å². The Balaban J connectivity index is 1.91. The fourth-order valence-corrected chi connectivity index (χ4v) is 3.12. The van der Waals surface area contributed by atoms with Crippen molar-refractivity contribution in [1.29, 1.82) is 0 Å². The first-order valence-electron chi connectivity index (χ1n) is 6.27. The molecule has 21 heavy (non-hydrogen) atoms. The van der Waals surface area contributed by atoms with Gasteiger partial charge in [0.25, 0.3) is 0 Å². The lowest BCUT2D eigenvalue weighted by atomic mass is 10.1. The molecule has 0 fully saturated rings. The normalized spacial score (nSPS) is 12.2. The van der Waals surface area contributed by atoms with Crippen molar-refractivity contribution < 1.29 is 9.90 Å². The number of aliphatic hydroxyl groups excluding tert-OH is 1. The van der Waals surface area contributed by atoms with Gasteiger partial charge in [-0.3, -0.25) is 4.79 Å². The van der Waals surface area contributed by atoms with Gasteiger partial charge in [-0.25, -0.2) is 4.98 Å². The molecule has 0 aliphatic carbocycles. The molecule has 2 aromatic rings. The van der Waals surface area contributed by atoms with Crippen LogP contribution in [0.25, 0.3) is 0 Å². The standard InChI is InChI=1S/C14H14Cl2N2O2S/c1-8-18-9(7-21-8)5-13(20)17-6-12(19)14-10(15)3-2-4-11(14)16/h2-4,7,12,19H,5-6H2,1H3,(H,17,20). The first kappa shape index (κ1) is 16.2. The van der Waals surface area contributed by atoms with Gasteiger partial charge in [0.2, 0.25) is 5.91 Å². The van der Waals surface area contributed by atoms with Gasteiger partial charge in [-0.2, -0.15) is 0 Å². The van der Waals surface area contributed by atoms with E-state index in [1.54, 1.807) is 18.2 Å². The Hall–Kier alpha value is -1.14. The number of hydrogen-bond donors (Lipinski definition) is 2. The molecule has 0 spiro atoms. The minimum Gasteiger partial charge on any atom is -0.386 e. The third kappa shape index (κ3) is 4.41. The number of carbonyl (C=O) groups is 1. The van der Waals surface area contributed by atoms with Crippen LogP contribution in [0, 0.1) is 6.92 Å². The van der Waals surface area contributed by atoms with Crippen LogP contribution in [0.3, 0.4) is 0 Å². The van der Waals surface area contributed by atoms with E-state index < -0.39 is 6.10 Å². The van der Waals surface area contributed by atoms with Gasteiger partial charge < -0.3 is 10.4 Å². The molecule has 112 valence electrons. The third-order valence-electron chi connectivity index (χ3n) is 2.83. The van der Waals surface area contributed by atoms with Gasteiger partial charge in [0.15, 0.2) is 0 Å². The van der Waals surface area contributed by atoms with Crippen molar-refractivity contribution >= 4 is 40.4 Å². The molecule has 1 amide bonds. The second kappa shape index (κ2) is 7.22. The maximum Gasteiger partial charge on any atom is 0.226 e. The van der Waals surface area contributed by atoms with Gasteiger partial charge in [-0.1, -0.05) is 29.3 Å². The fraction of sp³-hybridized carbons (Fsp3) is 0.286. The van der Waals surface area contributed by atoms with Crippen LogP contribution >= 0.6 is 34.5 Å². The van der Waals surface area contributed by atoms with Crippen LogP contribution in [0.4, 0.5) is 0 Å². The van der Waals surface area contributed by atoms with Crippen molar-refractivity contribution in [3.63, 3.8) is 0 Å². The number of amides is 1. The van der Waals surface area contributed by atoms with Gasteiger partial charge >= 0.3 is 0 Å². The lowest BCUT2D eigenvalue weighted by Gasteiger charge is -2.15. The molecule has 1 heterocycles. The number of rotatable bonds is 5. The molecule has 0 bridgehead atoms. The Morgan fingerprint density at radius 3 is 2.67 bits per heavy atom. The summed E-state index contributed by atoms with van der Waals surface area (Å²) in [5, 5.41) is 16.3. The minimum absolute atomic E-state index is 0.0470. The lowest BCUT2D eigenvalue weighted by Crippen LogP contribution is -2.30. The van der Waals surface area contributed by atoms with Gasteiger partial charge in [0, 0.05) is 27.5 Å². The molecule has 2 rings (SSSR count). The van der Waals surface area contributed by atoms with Gasteiger partial charge in [0.05, 0.1) is 23.2 Å². The molecule has 1 unspecified atom stereocenters. The molecular weight excluding hydrogens is 331 g/mol. The number of carbonyl (C=O) groups excluding carboxylic acids is 1. The second-order valence-corrected chi connectivity index (χ2v) is 6.37. The fourth-order valence-electron chi connectivity index (χ4n) is 1.86. The molecular formula is C14H14Cl2N2O2S. The first-order valence-corrected chi connectivity index (χ1v) is 7.90. The SMILES string of the molecule is Cc1nc(CC(=O)NCC(O)c2c(Cl)cccc2Cl)cs1. The molecule has 0 saturated heterocycles. The van der Waals surface area contributed by atoms with Crippen LogP contribution in [0.2, 0.25) is 10.0 Å². The molecule has 4 nitrogen and oxygen atoms in total. The highest BCUT2D eigenvalue weighted by Gasteiger charge is 2.16. The molecule has 2 N–H and O–H groups in total. The zero-order valence-electron chi connectivity index (χ0n) is 11.3. The number of thiazole rings is 1. The molecule has 0 aliphatic rings. The summed E-state index contributed by atoms with van der Waals surface area (Å²) in [6, 6.07) is 4.99. The Kier molecular flexibility index (Phi) is 5.58. The Bertz CT molecular complexity index is 625. The summed E-state index contributed by atoms with van der Waals surface area (Å²) >= 11 is 13.5. The topological polar surface area (TPSA) is 62.2 Å². The summed E-state index contributed by atoms with van der Waals surface area (Å²) in [6.07, 6.45) is -0.764. The summed E-state index contributed by atoms with van der Waals surface area (Å²) in [5.41, 5.74) is 1.14. The largest absolute Gasteiger partial charge is 0.386 e. The van der Waals surface area contributed by atoms with Gasteiger partial charge in [0.1, 0.15) is 0 Å². The number of aromatic nitrogens is 1. The number of halogens is 2. The highest BCUT2D eigenvalue weighted by molar-refractivity contribution is 7.09. The maximum atomic E-state index is 11.8. The Morgan fingerprint density at radius 1 is 1.43 bits per heavy atom. The van der Waals surface area contributed by atoms with Crippen LogP contribution in [0.5, 0.6) is 0 Å². The van der Waals surface area contributed by atoms with E-state index in [4.69, 9.17) is 23.2 Å². The van der Waals surface area contributed by atoms with Crippen LogP contribution in [0.15, 0.2) is 23.6 Å². The number of aryl methyl sites for hydroxylation is 1. The van der Waals surface area contributed by atoms with Gasteiger partial charge in [-0.15, -0.1) is 11.3 Å². The Morgan fingerprint density at radius 2 is 2.10 bits per heavy atom. The zero-order valence-corrected chi connectivity index (χ0v) is 13.6. The zero-order chi connectivity index (χ0) is 15.4. The van der Waals surface area contributed by atoms with E-state index in [1.807, 2.05) is 12.3 Å². The van der Waals surface area contributed by atoms with E-state index in [0.717, 1.165) is 10.7 Å². The molecule has 1 atom stereocenters. The highest BCUT2D eigenvalue weighted by Crippen LogP contribution is 2.29. The maximum absolute atomic E-state index is 11.8. The predicted molar refractivity (Wildman–Crippen MR) is 85.0 cm³/mol. The third-order valence-corrected chi connectivity index (χ3v) is 4.32. The molecule has 7 heteroatoms. The number of benzene rings is 1. The van der Waals surface area contributed by atoms with Crippen molar-refractivity contribution in [2.75, 3.05) is 6.54 Å². The van der Waals surface area contributed by atoms with E-state index in [-0.39, 0.29) is 18.9 Å². The van der Waals surface area contributed by atoms with Gasteiger partial charge in [-0.05, 0) is 19.1 Å². The van der Waals surface area contributed by atoms with E-state index in [9.17, 15) is 9.90 Å². The number of hydrogen-bond acceptors (Lipinski definition) is 4. The van der Waals surface area contributed by atoms with Crippen molar-refractivity contribution in [3.05, 3.63) is 49.9 Å². The summed E-state index contributed by atoms with van der Waals surface area (Å²) < 4.78 is 0. The molecule has 0 saturated carbocycles. The van der Waals surface area contributed by atoms with Crippen LogP contribution in [-0.4, -0.2) is 22.5 Å².